The van der Waals surface area contributed by atoms with E-state index in [-0.39, 0.29) is 55.1 Å². The standard InChI is InChI=1S/C40H48N12O8/c1-7-51-28(14-21(3)47-51)36(56)45-38-43-25-16-23(34(41)54)10-11-27(25)49(38)19-31-32(60-40(5,6)59-31)20-50-33-26(17-24(35(42)55)18-30(33)58-13-9-12-53)44-39(50)46-37(57)29-15-22(4)48-52(29)8-2/h10-11,14-18,31-32,53H,7-9,12-13,19-20H2,1-6H3,(H2,41,54)(H2,42,55)(H,43,45,56)(H,44,46,57)/t31-,32-/m1/s1. The smallest absolute Gasteiger partial charge is 0.276 e. The Morgan fingerprint density at radius 3 is 1.87 bits per heavy atom. The summed E-state index contributed by atoms with van der Waals surface area (Å²) in [5, 5.41) is 24.2. The maximum atomic E-state index is 13.9. The molecule has 5 heterocycles. The van der Waals surface area contributed by atoms with Gasteiger partial charge >= 0.3 is 0 Å². The molecule has 1 fully saturated rings. The molecule has 2 aromatic carbocycles. The first-order chi connectivity index (χ1) is 28.6. The van der Waals surface area contributed by atoms with Gasteiger partial charge in [-0.1, -0.05) is 0 Å². The van der Waals surface area contributed by atoms with E-state index in [1.165, 1.54) is 12.1 Å². The third-order valence-electron chi connectivity index (χ3n) is 10.0. The molecule has 0 unspecified atom stereocenters. The van der Waals surface area contributed by atoms with Crippen LogP contribution in [0.2, 0.25) is 0 Å². The number of carbonyl (C=O) groups excluding carboxylic acids is 4. The Balaban J connectivity index is 1.31. The fourth-order valence-corrected chi connectivity index (χ4v) is 7.41. The zero-order valence-electron chi connectivity index (χ0n) is 34.2. The Kier molecular flexibility index (Phi) is 11.5. The van der Waals surface area contributed by atoms with Crippen LogP contribution in [0.25, 0.3) is 22.1 Å². The summed E-state index contributed by atoms with van der Waals surface area (Å²) in [4.78, 5) is 61.8. The summed E-state index contributed by atoms with van der Waals surface area (Å²) >= 11 is 0. The number of primary amides is 2. The number of carbonyl (C=O) groups is 4. The molecule has 0 bridgehead atoms. The van der Waals surface area contributed by atoms with Gasteiger partial charge in [-0.2, -0.15) is 10.2 Å². The van der Waals surface area contributed by atoms with Crippen LogP contribution in [0.3, 0.4) is 0 Å². The van der Waals surface area contributed by atoms with E-state index >= 15 is 0 Å². The van der Waals surface area contributed by atoms with Crippen LogP contribution in [-0.2, 0) is 35.7 Å². The van der Waals surface area contributed by atoms with Gasteiger partial charge in [0.15, 0.2) is 5.79 Å². The predicted molar refractivity (Wildman–Crippen MR) is 219 cm³/mol. The second-order valence-corrected chi connectivity index (χ2v) is 14.9. The number of hydrogen-bond acceptors (Lipinski definition) is 12. The van der Waals surface area contributed by atoms with E-state index in [1.54, 1.807) is 76.5 Å². The number of nitrogens with zero attached hydrogens (tertiary/aromatic N) is 8. The molecular weight excluding hydrogens is 777 g/mol. The second-order valence-electron chi connectivity index (χ2n) is 14.9. The molecular formula is C40H48N12O8. The lowest BCUT2D eigenvalue weighted by molar-refractivity contribution is -0.148. The normalized spacial score (nSPS) is 16.1. The van der Waals surface area contributed by atoms with Gasteiger partial charge in [0.1, 0.15) is 34.9 Å². The van der Waals surface area contributed by atoms with Gasteiger partial charge in [0.2, 0.25) is 23.7 Å². The van der Waals surface area contributed by atoms with Gasteiger partial charge in [0.05, 0.1) is 47.6 Å². The Bertz CT molecular complexity index is 2640. The molecule has 4 aromatic heterocycles. The number of aliphatic hydroxyl groups is 1. The van der Waals surface area contributed by atoms with E-state index < -0.39 is 41.6 Å². The Labute approximate surface area is 343 Å². The number of aromatic nitrogens is 8. The molecule has 7 rings (SSSR count). The van der Waals surface area contributed by atoms with Crippen LogP contribution in [0.1, 0.15) is 87.2 Å². The lowest BCUT2D eigenvalue weighted by Crippen LogP contribution is -2.33. The third kappa shape index (κ3) is 8.29. The number of hydrogen-bond donors (Lipinski definition) is 5. The van der Waals surface area contributed by atoms with Gasteiger partial charge in [-0.3, -0.25) is 39.2 Å². The van der Waals surface area contributed by atoms with Crippen molar-refractivity contribution in [2.45, 2.75) is 92.1 Å². The summed E-state index contributed by atoms with van der Waals surface area (Å²) in [7, 11) is 0. The number of rotatable bonds is 16. The van der Waals surface area contributed by atoms with Crippen LogP contribution in [0, 0.1) is 13.8 Å². The summed E-state index contributed by atoms with van der Waals surface area (Å²) in [5.74, 6) is -2.86. The van der Waals surface area contributed by atoms with Crippen LogP contribution >= 0.6 is 0 Å². The molecule has 1 saturated heterocycles. The number of nitrogens with one attached hydrogen (secondary N) is 2. The van der Waals surface area contributed by atoms with Gasteiger partial charge in [-0.05, 0) is 84.0 Å². The summed E-state index contributed by atoms with van der Waals surface area (Å²) in [6, 6.07) is 11.2. The van der Waals surface area contributed by atoms with Crippen LogP contribution < -0.4 is 26.8 Å². The van der Waals surface area contributed by atoms with E-state index in [4.69, 9.17) is 35.6 Å². The molecule has 1 aliphatic rings. The van der Waals surface area contributed by atoms with Gasteiger partial charge in [0.25, 0.3) is 11.8 Å². The average molecular weight is 825 g/mol. The second kappa shape index (κ2) is 16.5. The van der Waals surface area contributed by atoms with Crippen molar-refractivity contribution in [3.63, 3.8) is 0 Å². The minimum absolute atomic E-state index is 0.0354. The molecule has 20 nitrogen and oxygen atoms in total. The number of fused-ring (bicyclic) bond motifs is 2. The van der Waals surface area contributed by atoms with Crippen molar-refractivity contribution in [3.8, 4) is 5.75 Å². The van der Waals surface area contributed by atoms with Crippen molar-refractivity contribution in [3.05, 3.63) is 76.4 Å². The van der Waals surface area contributed by atoms with Gasteiger partial charge < -0.3 is 39.9 Å². The van der Waals surface area contributed by atoms with Crippen molar-refractivity contribution in [2.75, 3.05) is 23.8 Å². The molecule has 2 atom stereocenters. The Morgan fingerprint density at radius 2 is 1.32 bits per heavy atom. The molecule has 0 aliphatic carbocycles. The van der Waals surface area contributed by atoms with Gasteiger partial charge in [-0.15, -0.1) is 0 Å². The monoisotopic (exact) mass is 824 g/mol. The van der Waals surface area contributed by atoms with Crippen LogP contribution in [0.4, 0.5) is 11.9 Å². The first-order valence-corrected chi connectivity index (χ1v) is 19.5. The fraction of sp³-hybridized carbons (Fsp3) is 0.400. The van der Waals surface area contributed by atoms with Crippen LogP contribution in [0.15, 0.2) is 42.5 Å². The molecule has 4 amide bonds. The minimum Gasteiger partial charge on any atom is -0.491 e. The first kappa shape index (κ1) is 41.5. The number of nitrogens with two attached hydrogens (primary N) is 2. The summed E-state index contributed by atoms with van der Waals surface area (Å²) in [5.41, 5.74) is 15.4. The quantitative estimate of drug-likeness (QED) is 0.0882. The summed E-state index contributed by atoms with van der Waals surface area (Å²) in [6.45, 7) is 11.9. The number of benzene rings is 2. The zero-order chi connectivity index (χ0) is 43.0. The van der Waals surface area contributed by atoms with Gasteiger partial charge in [0, 0.05) is 37.2 Å². The van der Waals surface area contributed by atoms with Crippen molar-refractivity contribution in [2.24, 2.45) is 11.5 Å². The number of aliphatic hydroxyl groups excluding tert-OH is 1. The highest BCUT2D eigenvalue weighted by Gasteiger charge is 2.43. The van der Waals surface area contributed by atoms with E-state index in [0.29, 0.717) is 64.4 Å². The summed E-state index contributed by atoms with van der Waals surface area (Å²) in [6.07, 6.45) is -1.16. The molecule has 7 N–H and O–H groups in total. The summed E-state index contributed by atoms with van der Waals surface area (Å²) < 4.78 is 25.9. The Hall–Kier alpha value is -6.64. The lowest BCUT2D eigenvalue weighted by atomic mass is 10.1. The maximum absolute atomic E-state index is 13.9. The van der Waals surface area contributed by atoms with E-state index in [0.717, 1.165) is 0 Å². The molecule has 316 valence electrons. The SMILES string of the molecule is CCn1nc(C)cc1C(=O)Nc1nc2cc(C(N)=O)ccc2n1C[C@H]1OC(C)(C)O[C@@H]1Cn1c(NC(=O)c2cc(C)nn2CC)nc2cc(C(N)=O)cc(OCCCO)c21. The first-order valence-electron chi connectivity index (χ1n) is 19.5. The molecule has 0 radical (unpaired) electrons. The van der Waals surface area contributed by atoms with E-state index in [2.05, 4.69) is 20.8 Å². The number of imidazole rings is 2. The van der Waals surface area contributed by atoms with Crippen LogP contribution in [0.5, 0.6) is 5.75 Å². The van der Waals surface area contributed by atoms with Crippen LogP contribution in [-0.4, -0.2) is 98.6 Å². The molecule has 0 spiro atoms. The highest BCUT2D eigenvalue weighted by Crippen LogP contribution is 2.36. The minimum atomic E-state index is -1.11. The maximum Gasteiger partial charge on any atom is 0.276 e. The lowest BCUT2D eigenvalue weighted by Gasteiger charge is -2.21. The van der Waals surface area contributed by atoms with E-state index in [9.17, 15) is 24.3 Å². The average Bonchev–Trinajstić information content (AvgIpc) is 4.00. The zero-order valence-corrected chi connectivity index (χ0v) is 34.2. The molecule has 20 heteroatoms. The van der Waals surface area contributed by atoms with Crippen molar-refractivity contribution in [1.29, 1.82) is 0 Å². The number of anilines is 2. The van der Waals surface area contributed by atoms with Crippen molar-refractivity contribution in [1.82, 2.24) is 38.7 Å². The number of aryl methyl sites for hydroxylation is 4. The highest BCUT2D eigenvalue weighted by atomic mass is 16.8. The molecule has 1 aliphatic heterocycles. The fourth-order valence-electron chi connectivity index (χ4n) is 7.41. The Morgan fingerprint density at radius 1 is 0.783 bits per heavy atom. The number of amides is 4. The molecule has 0 saturated carbocycles. The van der Waals surface area contributed by atoms with Crippen molar-refractivity contribution >= 4 is 57.6 Å². The third-order valence-corrected chi connectivity index (χ3v) is 10.0. The molecule has 6 aromatic rings. The topological polar surface area (TPSA) is 264 Å². The van der Waals surface area contributed by atoms with Gasteiger partial charge in [-0.25, -0.2) is 9.97 Å². The molecule has 60 heavy (non-hydrogen) atoms. The predicted octanol–water partition coefficient (Wildman–Crippen LogP) is 3.12. The largest absolute Gasteiger partial charge is 0.491 e. The highest BCUT2D eigenvalue weighted by molar-refractivity contribution is 6.05. The van der Waals surface area contributed by atoms with E-state index in [1.807, 2.05) is 13.8 Å². The number of ether oxygens (including phenoxy) is 3. The van der Waals surface area contributed by atoms with Crippen molar-refractivity contribution < 1.29 is 38.5 Å².